The number of halogens is 2. The van der Waals surface area contributed by atoms with Crippen LogP contribution < -0.4 is 16.8 Å². The molecular formula is C31H35ClFN5O4. The monoisotopic (exact) mass is 595 g/mol. The van der Waals surface area contributed by atoms with Gasteiger partial charge in [0, 0.05) is 37.0 Å². The third kappa shape index (κ3) is 8.61. The van der Waals surface area contributed by atoms with Crippen LogP contribution in [0, 0.1) is 5.82 Å². The van der Waals surface area contributed by atoms with E-state index < -0.39 is 23.8 Å². The average molecular weight is 596 g/mol. The third-order valence-electron chi connectivity index (χ3n) is 6.84. The summed E-state index contributed by atoms with van der Waals surface area (Å²) in [5, 5.41) is 2.66. The summed E-state index contributed by atoms with van der Waals surface area (Å²) in [5.74, 6) is -1.78. The van der Waals surface area contributed by atoms with Gasteiger partial charge in [-0.3, -0.25) is 9.59 Å². The quantitative estimate of drug-likeness (QED) is 0.212. The zero-order chi connectivity index (χ0) is 29.2. The highest BCUT2D eigenvalue weighted by Crippen LogP contribution is 2.27. The van der Waals surface area contributed by atoms with Gasteiger partial charge in [-0.2, -0.15) is 0 Å². The van der Waals surface area contributed by atoms with Crippen molar-refractivity contribution in [2.24, 2.45) is 5.73 Å². The number of nitrogen functional groups attached to an aromatic ring is 1. The fraction of sp³-hybridized carbons (Fsp3) is 0.290. The van der Waals surface area contributed by atoms with Crippen molar-refractivity contribution in [3.05, 3.63) is 95.4 Å². The summed E-state index contributed by atoms with van der Waals surface area (Å²) in [6, 6.07) is 15.4. The first kappa shape index (κ1) is 32.2. The molecule has 1 atom stereocenters. The maximum atomic E-state index is 13.3. The maximum absolute atomic E-state index is 13.3. The minimum Gasteiger partial charge on any atom is -0.444 e. The number of pyridine rings is 1. The second-order valence-corrected chi connectivity index (χ2v) is 9.77. The number of hydrogen-bond donors (Lipinski definition) is 3. The van der Waals surface area contributed by atoms with Crippen molar-refractivity contribution in [1.82, 2.24) is 9.88 Å². The molecule has 4 rings (SSSR count). The number of nitrogens with zero attached hydrogens (tertiary/aromatic N) is 2. The van der Waals surface area contributed by atoms with Gasteiger partial charge in [0.2, 0.25) is 12.0 Å². The number of esters is 1. The standard InChI is InChI=1S/C31H34FN5O4.ClH/c32-24-10-12-25(13-11-24)36-30(39)28(22-7-3-1-4-8-22)41-31(40)26-19-23(20-35-29(26)34)21-14-17-37(18-15-21)27(38)9-5-2-6-16-33;/h1,3-4,7-8,10-14,19-20,28H,2,5-6,9,15-18,33H2,(H2,34,35)(H,36,39);1H/t28-;/m1./s1. The highest BCUT2D eigenvalue weighted by molar-refractivity contribution is 6.00. The largest absolute Gasteiger partial charge is 0.444 e. The number of ether oxygens (including phenoxy) is 1. The van der Waals surface area contributed by atoms with E-state index in [0.29, 0.717) is 49.3 Å². The van der Waals surface area contributed by atoms with Gasteiger partial charge in [-0.15, -0.1) is 12.4 Å². The molecule has 0 radical (unpaired) electrons. The number of hydrogen-bond acceptors (Lipinski definition) is 7. The van der Waals surface area contributed by atoms with E-state index in [-0.39, 0.29) is 29.7 Å². The lowest BCUT2D eigenvalue weighted by atomic mass is 9.99. The SMILES string of the molecule is Cl.NCCCCCC(=O)N1CC=C(c2cnc(N)c(C(=O)O[C@@H](C(=O)Nc3ccc(F)cc3)c3ccccc3)c2)CC1. The molecule has 2 amide bonds. The van der Waals surface area contributed by atoms with E-state index >= 15 is 0 Å². The molecule has 222 valence electrons. The van der Waals surface area contributed by atoms with Crippen molar-refractivity contribution in [1.29, 1.82) is 0 Å². The van der Waals surface area contributed by atoms with E-state index in [1.165, 1.54) is 24.3 Å². The number of rotatable bonds is 11. The number of benzene rings is 2. The fourth-order valence-corrected chi connectivity index (χ4v) is 4.54. The summed E-state index contributed by atoms with van der Waals surface area (Å²) >= 11 is 0. The molecule has 0 bridgehead atoms. The average Bonchev–Trinajstić information content (AvgIpc) is 2.99. The highest BCUT2D eigenvalue weighted by Gasteiger charge is 2.28. The predicted molar refractivity (Wildman–Crippen MR) is 162 cm³/mol. The highest BCUT2D eigenvalue weighted by atomic mass is 35.5. The van der Waals surface area contributed by atoms with Crippen LogP contribution >= 0.6 is 12.4 Å². The number of nitrogens with two attached hydrogens (primary N) is 2. The van der Waals surface area contributed by atoms with E-state index in [9.17, 15) is 18.8 Å². The zero-order valence-corrected chi connectivity index (χ0v) is 23.9. The Balaban J connectivity index is 0.00000484. The van der Waals surface area contributed by atoms with E-state index in [2.05, 4.69) is 10.3 Å². The second kappa shape index (κ2) is 15.6. The van der Waals surface area contributed by atoms with Crippen LogP contribution in [0.3, 0.4) is 0 Å². The van der Waals surface area contributed by atoms with Gasteiger partial charge in [-0.1, -0.05) is 42.8 Å². The number of anilines is 2. The van der Waals surface area contributed by atoms with Crippen LogP contribution in [0.2, 0.25) is 0 Å². The number of aromatic nitrogens is 1. The van der Waals surface area contributed by atoms with Crippen LogP contribution in [0.25, 0.3) is 5.57 Å². The minimum absolute atomic E-state index is 0. The Bertz CT molecular complexity index is 1400. The second-order valence-electron chi connectivity index (χ2n) is 9.77. The van der Waals surface area contributed by atoms with Crippen molar-refractivity contribution in [3.63, 3.8) is 0 Å². The summed E-state index contributed by atoms with van der Waals surface area (Å²) < 4.78 is 19.0. The number of amides is 2. The van der Waals surface area contributed by atoms with E-state index in [1.807, 2.05) is 11.0 Å². The number of carbonyl (C=O) groups is 3. The van der Waals surface area contributed by atoms with Crippen LogP contribution in [-0.4, -0.2) is 47.3 Å². The van der Waals surface area contributed by atoms with Gasteiger partial charge < -0.3 is 26.4 Å². The molecule has 0 aliphatic carbocycles. The molecule has 9 nitrogen and oxygen atoms in total. The van der Waals surface area contributed by atoms with Crippen LogP contribution in [0.5, 0.6) is 0 Å². The van der Waals surface area contributed by atoms with Crippen LogP contribution in [0.1, 0.15) is 59.7 Å². The van der Waals surface area contributed by atoms with Crippen LogP contribution in [-0.2, 0) is 14.3 Å². The number of nitrogens with one attached hydrogen (secondary N) is 1. The molecule has 0 saturated carbocycles. The topological polar surface area (TPSA) is 141 Å². The van der Waals surface area contributed by atoms with Crippen molar-refractivity contribution >= 4 is 47.3 Å². The predicted octanol–water partition coefficient (Wildman–Crippen LogP) is 4.90. The number of unbranched alkanes of at least 4 members (excludes halogenated alkanes) is 2. The molecule has 0 fully saturated rings. The molecular weight excluding hydrogens is 561 g/mol. The lowest BCUT2D eigenvalue weighted by Crippen LogP contribution is -2.34. The molecule has 1 aromatic heterocycles. The molecule has 2 aromatic carbocycles. The number of carbonyl (C=O) groups excluding carboxylic acids is 3. The molecule has 1 aliphatic heterocycles. The zero-order valence-electron chi connectivity index (χ0n) is 23.1. The van der Waals surface area contributed by atoms with E-state index in [1.54, 1.807) is 42.6 Å². The fourth-order valence-electron chi connectivity index (χ4n) is 4.54. The maximum Gasteiger partial charge on any atom is 0.343 e. The van der Waals surface area contributed by atoms with Crippen molar-refractivity contribution in [2.45, 2.75) is 38.2 Å². The molecule has 1 aliphatic rings. The lowest BCUT2D eigenvalue weighted by molar-refractivity contribution is -0.131. The van der Waals surface area contributed by atoms with Gasteiger partial charge in [-0.25, -0.2) is 14.2 Å². The first-order valence-corrected chi connectivity index (χ1v) is 13.6. The molecule has 3 aromatic rings. The molecule has 0 unspecified atom stereocenters. The molecule has 42 heavy (non-hydrogen) atoms. The summed E-state index contributed by atoms with van der Waals surface area (Å²) in [4.78, 5) is 45.0. The van der Waals surface area contributed by atoms with Gasteiger partial charge in [-0.05, 0) is 67.3 Å². The Kier molecular flexibility index (Phi) is 12.0. The Labute approximate surface area is 250 Å². The molecule has 0 spiro atoms. The first-order chi connectivity index (χ1) is 19.9. The summed E-state index contributed by atoms with van der Waals surface area (Å²) in [6.07, 6.45) is 6.01. The molecule has 2 heterocycles. The van der Waals surface area contributed by atoms with Crippen LogP contribution in [0.4, 0.5) is 15.9 Å². The van der Waals surface area contributed by atoms with E-state index in [4.69, 9.17) is 16.2 Å². The summed E-state index contributed by atoms with van der Waals surface area (Å²) in [6.45, 7) is 1.66. The van der Waals surface area contributed by atoms with Gasteiger partial charge in [0.05, 0.1) is 0 Å². The Morgan fingerprint density at radius 3 is 2.45 bits per heavy atom. The van der Waals surface area contributed by atoms with Crippen molar-refractivity contribution < 1.29 is 23.5 Å². The summed E-state index contributed by atoms with van der Waals surface area (Å²) in [5.41, 5.74) is 14.0. The van der Waals surface area contributed by atoms with Gasteiger partial charge >= 0.3 is 5.97 Å². The normalized spacial score (nSPS) is 13.4. The Hall–Kier alpha value is -4.28. The molecule has 0 saturated heterocycles. The third-order valence-corrected chi connectivity index (χ3v) is 6.84. The Morgan fingerprint density at radius 1 is 1.05 bits per heavy atom. The van der Waals surface area contributed by atoms with Gasteiger partial charge in [0.25, 0.3) is 5.91 Å². The van der Waals surface area contributed by atoms with Crippen molar-refractivity contribution in [3.8, 4) is 0 Å². The van der Waals surface area contributed by atoms with Gasteiger partial charge in [0.15, 0.2) is 0 Å². The first-order valence-electron chi connectivity index (χ1n) is 13.6. The lowest BCUT2D eigenvalue weighted by Gasteiger charge is -2.27. The van der Waals surface area contributed by atoms with Gasteiger partial charge in [0.1, 0.15) is 17.2 Å². The summed E-state index contributed by atoms with van der Waals surface area (Å²) in [7, 11) is 0. The smallest absolute Gasteiger partial charge is 0.343 e. The van der Waals surface area contributed by atoms with E-state index in [0.717, 1.165) is 24.8 Å². The Morgan fingerprint density at radius 2 is 1.79 bits per heavy atom. The minimum atomic E-state index is -1.30. The van der Waals surface area contributed by atoms with Crippen LogP contribution in [0.15, 0.2) is 72.9 Å². The van der Waals surface area contributed by atoms with Crippen molar-refractivity contribution in [2.75, 3.05) is 30.7 Å². The molecule has 5 N–H and O–H groups in total. The molecule has 11 heteroatoms.